The predicted molar refractivity (Wildman–Crippen MR) is 77.6 cm³/mol. The van der Waals surface area contributed by atoms with E-state index < -0.39 is 0 Å². The van der Waals surface area contributed by atoms with Crippen molar-refractivity contribution < 1.29 is 14.3 Å². The van der Waals surface area contributed by atoms with E-state index in [-0.39, 0.29) is 19.1 Å². The SMILES string of the molecule is COc1cc(CCN)cc(Br)c1OCC(=O)NCC#N. The van der Waals surface area contributed by atoms with Crippen LogP contribution in [0.1, 0.15) is 5.56 Å². The van der Waals surface area contributed by atoms with Crippen LogP contribution in [0.4, 0.5) is 0 Å². The van der Waals surface area contributed by atoms with Gasteiger partial charge in [0.1, 0.15) is 6.54 Å². The van der Waals surface area contributed by atoms with Crippen LogP contribution in [-0.4, -0.2) is 32.7 Å². The summed E-state index contributed by atoms with van der Waals surface area (Å²) in [5, 5.41) is 10.8. The quantitative estimate of drug-likeness (QED) is 0.720. The number of nitrogens with one attached hydrogen (secondary N) is 1. The van der Waals surface area contributed by atoms with Crippen molar-refractivity contribution in [1.29, 1.82) is 5.26 Å². The molecular weight excluding hydrogens is 326 g/mol. The van der Waals surface area contributed by atoms with Gasteiger partial charge in [-0.25, -0.2) is 0 Å². The van der Waals surface area contributed by atoms with Gasteiger partial charge in [-0.3, -0.25) is 4.79 Å². The number of nitrogens with zero attached hydrogens (tertiary/aromatic N) is 1. The lowest BCUT2D eigenvalue weighted by Gasteiger charge is -2.14. The second-order valence-corrected chi connectivity index (χ2v) is 4.73. The standard InChI is InChI=1S/C13H16BrN3O3/c1-19-11-7-9(2-3-15)6-10(14)13(11)20-8-12(18)17-5-4-16/h6-7H,2-3,5,8,15H2,1H3,(H,17,18). The average Bonchev–Trinajstić information content (AvgIpc) is 2.43. The number of benzene rings is 1. The molecule has 3 N–H and O–H groups in total. The van der Waals surface area contributed by atoms with Crippen molar-refractivity contribution in [2.45, 2.75) is 6.42 Å². The highest BCUT2D eigenvalue weighted by atomic mass is 79.9. The highest BCUT2D eigenvalue weighted by Gasteiger charge is 2.13. The van der Waals surface area contributed by atoms with Crippen LogP contribution in [0.3, 0.4) is 0 Å². The summed E-state index contributed by atoms with van der Waals surface area (Å²) in [5.41, 5.74) is 6.53. The third-order valence-corrected chi connectivity index (χ3v) is 3.02. The molecule has 108 valence electrons. The molecule has 0 radical (unpaired) electrons. The largest absolute Gasteiger partial charge is 0.493 e. The van der Waals surface area contributed by atoms with Crippen LogP contribution in [0.15, 0.2) is 16.6 Å². The van der Waals surface area contributed by atoms with Gasteiger partial charge in [-0.05, 0) is 46.6 Å². The minimum Gasteiger partial charge on any atom is -0.493 e. The number of carbonyl (C=O) groups excluding carboxylic acids is 1. The number of hydrogen-bond donors (Lipinski definition) is 2. The predicted octanol–water partition coefficient (Wildman–Crippen LogP) is 0.977. The molecule has 1 amide bonds. The van der Waals surface area contributed by atoms with E-state index in [1.54, 1.807) is 0 Å². The Labute approximate surface area is 126 Å². The molecule has 1 aromatic carbocycles. The minimum atomic E-state index is -0.369. The monoisotopic (exact) mass is 341 g/mol. The molecule has 1 aromatic rings. The number of methoxy groups -OCH3 is 1. The van der Waals surface area contributed by atoms with Crippen LogP contribution in [0.2, 0.25) is 0 Å². The van der Waals surface area contributed by atoms with Crippen LogP contribution >= 0.6 is 15.9 Å². The number of rotatable bonds is 7. The molecule has 0 saturated carbocycles. The summed E-state index contributed by atoms with van der Waals surface area (Å²) in [6.07, 6.45) is 0.720. The molecule has 7 heteroatoms. The second kappa shape index (κ2) is 8.40. The second-order valence-electron chi connectivity index (χ2n) is 3.87. The zero-order chi connectivity index (χ0) is 15.0. The van der Waals surface area contributed by atoms with E-state index in [9.17, 15) is 4.79 Å². The molecule has 6 nitrogen and oxygen atoms in total. The van der Waals surface area contributed by atoms with E-state index >= 15 is 0 Å². The fraction of sp³-hybridized carbons (Fsp3) is 0.385. The van der Waals surface area contributed by atoms with Gasteiger partial charge in [-0.2, -0.15) is 5.26 Å². The van der Waals surface area contributed by atoms with Gasteiger partial charge in [0.05, 0.1) is 17.7 Å². The molecule has 0 aliphatic heterocycles. The molecule has 0 aliphatic carbocycles. The number of nitrogens with two attached hydrogens (primary N) is 1. The zero-order valence-electron chi connectivity index (χ0n) is 11.1. The van der Waals surface area contributed by atoms with E-state index in [0.717, 1.165) is 12.0 Å². The molecule has 0 heterocycles. The fourth-order valence-corrected chi connectivity index (χ4v) is 2.16. The number of halogens is 1. The normalized spacial score (nSPS) is 9.70. The van der Waals surface area contributed by atoms with Crippen molar-refractivity contribution in [2.24, 2.45) is 5.73 Å². The highest BCUT2D eigenvalue weighted by Crippen LogP contribution is 2.36. The summed E-state index contributed by atoms with van der Waals surface area (Å²) in [5.74, 6) is 0.600. The van der Waals surface area contributed by atoms with Gasteiger partial charge in [-0.15, -0.1) is 0 Å². The van der Waals surface area contributed by atoms with Crippen molar-refractivity contribution >= 4 is 21.8 Å². The maximum atomic E-state index is 11.4. The first-order valence-corrected chi connectivity index (χ1v) is 6.74. The molecule has 20 heavy (non-hydrogen) atoms. The Kier molecular flexibility index (Phi) is 6.84. The number of carbonyl (C=O) groups is 1. The Morgan fingerprint density at radius 2 is 2.30 bits per heavy atom. The number of nitriles is 1. The molecule has 0 atom stereocenters. The van der Waals surface area contributed by atoms with E-state index in [1.807, 2.05) is 18.2 Å². The molecule has 0 fully saturated rings. The Hall–Kier alpha value is -1.78. The van der Waals surface area contributed by atoms with E-state index in [4.69, 9.17) is 20.5 Å². The van der Waals surface area contributed by atoms with Crippen molar-refractivity contribution in [2.75, 3.05) is 26.8 Å². The molecule has 0 spiro atoms. The van der Waals surface area contributed by atoms with Crippen LogP contribution < -0.4 is 20.5 Å². The molecule has 0 saturated heterocycles. The third-order valence-electron chi connectivity index (χ3n) is 2.43. The maximum Gasteiger partial charge on any atom is 0.258 e. The first kappa shape index (κ1) is 16.3. The molecule has 0 bridgehead atoms. The lowest BCUT2D eigenvalue weighted by Crippen LogP contribution is -2.29. The van der Waals surface area contributed by atoms with Gasteiger partial charge < -0.3 is 20.5 Å². The fourth-order valence-electron chi connectivity index (χ4n) is 1.55. The van der Waals surface area contributed by atoms with Crippen molar-refractivity contribution in [3.8, 4) is 17.6 Å². The van der Waals surface area contributed by atoms with Crippen LogP contribution in [0, 0.1) is 11.3 Å². The lowest BCUT2D eigenvalue weighted by atomic mass is 10.1. The van der Waals surface area contributed by atoms with Crippen LogP contribution in [0.25, 0.3) is 0 Å². The first-order valence-electron chi connectivity index (χ1n) is 5.95. The number of amides is 1. The van der Waals surface area contributed by atoms with Gasteiger partial charge >= 0.3 is 0 Å². The third kappa shape index (κ3) is 4.72. The molecular formula is C13H16BrN3O3. The van der Waals surface area contributed by atoms with E-state index in [2.05, 4.69) is 21.2 Å². The van der Waals surface area contributed by atoms with Crippen molar-refractivity contribution in [3.05, 3.63) is 22.2 Å². The van der Waals surface area contributed by atoms with Gasteiger partial charge in [0, 0.05) is 0 Å². The number of ether oxygens (including phenoxy) is 2. The smallest absolute Gasteiger partial charge is 0.258 e. The Morgan fingerprint density at radius 1 is 1.55 bits per heavy atom. The van der Waals surface area contributed by atoms with Gasteiger partial charge in [0.15, 0.2) is 18.1 Å². The first-order chi connectivity index (χ1) is 9.62. The minimum absolute atomic E-state index is 0.0457. The highest BCUT2D eigenvalue weighted by molar-refractivity contribution is 9.10. The summed E-state index contributed by atoms with van der Waals surface area (Å²) < 4.78 is 11.4. The average molecular weight is 342 g/mol. The molecule has 1 rings (SSSR count). The van der Waals surface area contributed by atoms with E-state index in [0.29, 0.717) is 22.5 Å². The zero-order valence-corrected chi connectivity index (χ0v) is 12.7. The maximum absolute atomic E-state index is 11.4. The van der Waals surface area contributed by atoms with Crippen LogP contribution in [0.5, 0.6) is 11.5 Å². The van der Waals surface area contributed by atoms with Crippen molar-refractivity contribution in [3.63, 3.8) is 0 Å². The summed E-state index contributed by atoms with van der Waals surface area (Å²) in [6.45, 7) is 0.301. The van der Waals surface area contributed by atoms with Gasteiger partial charge in [0.25, 0.3) is 5.91 Å². The molecule has 0 aromatic heterocycles. The summed E-state index contributed by atoms with van der Waals surface area (Å²) in [4.78, 5) is 11.4. The van der Waals surface area contributed by atoms with Gasteiger partial charge in [0.2, 0.25) is 0 Å². The lowest BCUT2D eigenvalue weighted by molar-refractivity contribution is -0.122. The number of hydrogen-bond acceptors (Lipinski definition) is 5. The Balaban J connectivity index is 2.79. The van der Waals surface area contributed by atoms with Crippen LogP contribution in [-0.2, 0) is 11.2 Å². The topological polar surface area (TPSA) is 97.4 Å². The summed E-state index contributed by atoms with van der Waals surface area (Å²) in [6, 6.07) is 5.51. The summed E-state index contributed by atoms with van der Waals surface area (Å²) >= 11 is 3.38. The molecule has 0 unspecified atom stereocenters. The molecule has 0 aliphatic rings. The Bertz CT molecular complexity index is 514. The Morgan fingerprint density at radius 3 is 2.90 bits per heavy atom. The van der Waals surface area contributed by atoms with Crippen molar-refractivity contribution in [1.82, 2.24) is 5.32 Å². The van der Waals surface area contributed by atoms with E-state index in [1.165, 1.54) is 7.11 Å². The summed E-state index contributed by atoms with van der Waals surface area (Å²) in [7, 11) is 1.52. The van der Waals surface area contributed by atoms with Gasteiger partial charge in [-0.1, -0.05) is 0 Å².